The molecule has 0 aliphatic carbocycles. The maximum absolute atomic E-state index is 13.1. The summed E-state index contributed by atoms with van der Waals surface area (Å²) in [6, 6.07) is 13.6. The number of benzene rings is 2. The fourth-order valence-electron chi connectivity index (χ4n) is 3.55. The predicted molar refractivity (Wildman–Crippen MR) is 124 cm³/mol. The van der Waals surface area contributed by atoms with Crippen LogP contribution in [0.4, 0.5) is 0 Å². The third-order valence-electron chi connectivity index (χ3n) is 5.06. The molecule has 7 heteroatoms. The highest BCUT2D eigenvalue weighted by atomic mass is 35.5. The number of carbonyl (C=O) groups is 2. The van der Waals surface area contributed by atoms with Gasteiger partial charge < -0.3 is 14.9 Å². The molecule has 2 aromatic carbocycles. The summed E-state index contributed by atoms with van der Waals surface area (Å²) < 4.78 is 0. The summed E-state index contributed by atoms with van der Waals surface area (Å²) in [6.45, 7) is 1.14. The van der Waals surface area contributed by atoms with Gasteiger partial charge in [-0.1, -0.05) is 65.7 Å². The van der Waals surface area contributed by atoms with Crippen LogP contribution in [0.2, 0.25) is 10.0 Å². The van der Waals surface area contributed by atoms with E-state index >= 15 is 0 Å². The number of aliphatic hydroxyl groups excluding tert-OH is 1. The number of hydrogen-bond acceptors (Lipinski definition) is 4. The van der Waals surface area contributed by atoms with Crippen LogP contribution in [0, 0.1) is 0 Å². The molecule has 1 heterocycles. The molecule has 1 aliphatic rings. The molecule has 0 saturated carbocycles. The van der Waals surface area contributed by atoms with Gasteiger partial charge in [-0.15, -0.1) is 0 Å². The van der Waals surface area contributed by atoms with E-state index in [2.05, 4.69) is 0 Å². The molecular weight excluding hydrogens is 435 g/mol. The van der Waals surface area contributed by atoms with E-state index in [9.17, 15) is 14.7 Å². The van der Waals surface area contributed by atoms with Crippen LogP contribution in [-0.4, -0.2) is 53.8 Å². The smallest absolute Gasteiger partial charge is 0.290 e. The highest BCUT2D eigenvalue weighted by molar-refractivity contribution is 6.42. The molecule has 0 saturated heterocycles. The van der Waals surface area contributed by atoms with Crippen molar-refractivity contribution in [2.24, 2.45) is 0 Å². The summed E-state index contributed by atoms with van der Waals surface area (Å²) in [5, 5.41) is 11.3. The van der Waals surface area contributed by atoms with Crippen molar-refractivity contribution >= 4 is 41.0 Å². The first-order valence-corrected chi connectivity index (χ1v) is 10.7. The van der Waals surface area contributed by atoms with Gasteiger partial charge in [-0.25, -0.2) is 0 Å². The highest BCUT2D eigenvalue weighted by Crippen LogP contribution is 2.39. The summed E-state index contributed by atoms with van der Waals surface area (Å²) in [4.78, 5) is 29.5. The van der Waals surface area contributed by atoms with Crippen molar-refractivity contribution in [1.29, 1.82) is 0 Å². The Kier molecular flexibility index (Phi) is 7.55. The van der Waals surface area contributed by atoms with E-state index in [-0.39, 0.29) is 5.57 Å². The first kappa shape index (κ1) is 23.1. The average molecular weight is 459 g/mol. The molecule has 3 rings (SSSR count). The van der Waals surface area contributed by atoms with E-state index in [4.69, 9.17) is 23.2 Å². The summed E-state index contributed by atoms with van der Waals surface area (Å²) in [7, 11) is 3.89. The topological polar surface area (TPSA) is 60.9 Å². The molecule has 1 atom stereocenters. The number of rotatable bonds is 8. The second-order valence-electron chi connectivity index (χ2n) is 7.60. The minimum Gasteiger partial charge on any atom is -0.503 e. The molecular formula is C24H24Cl2N2O3. The zero-order valence-corrected chi connectivity index (χ0v) is 18.9. The lowest BCUT2D eigenvalue weighted by Crippen LogP contribution is -2.33. The van der Waals surface area contributed by atoms with E-state index in [1.54, 1.807) is 24.3 Å². The fraction of sp³-hybridized carbons (Fsp3) is 0.250. The number of ketones is 1. The van der Waals surface area contributed by atoms with Crippen molar-refractivity contribution in [2.75, 3.05) is 27.2 Å². The molecule has 162 valence electrons. The first-order chi connectivity index (χ1) is 14.8. The minimum atomic E-state index is -0.739. The van der Waals surface area contributed by atoms with E-state index in [1.807, 2.05) is 49.3 Å². The second kappa shape index (κ2) is 10.1. The highest BCUT2D eigenvalue weighted by Gasteiger charge is 2.42. The van der Waals surface area contributed by atoms with Gasteiger partial charge in [-0.05, 0) is 56.4 Å². The first-order valence-electron chi connectivity index (χ1n) is 9.91. The van der Waals surface area contributed by atoms with Crippen LogP contribution >= 0.6 is 23.2 Å². The molecule has 0 bridgehead atoms. The van der Waals surface area contributed by atoms with Gasteiger partial charge in [0.25, 0.3) is 5.91 Å². The third-order valence-corrected chi connectivity index (χ3v) is 5.80. The van der Waals surface area contributed by atoms with Crippen LogP contribution in [-0.2, 0) is 9.59 Å². The van der Waals surface area contributed by atoms with Crippen LogP contribution < -0.4 is 0 Å². The van der Waals surface area contributed by atoms with Crippen molar-refractivity contribution in [3.63, 3.8) is 0 Å². The van der Waals surface area contributed by atoms with Gasteiger partial charge in [0, 0.05) is 6.54 Å². The van der Waals surface area contributed by atoms with Gasteiger partial charge in [0.1, 0.15) is 0 Å². The van der Waals surface area contributed by atoms with E-state index < -0.39 is 23.5 Å². The summed E-state index contributed by atoms with van der Waals surface area (Å²) >= 11 is 12.3. The summed E-state index contributed by atoms with van der Waals surface area (Å²) in [5.74, 6) is -1.52. The Morgan fingerprint density at radius 3 is 2.48 bits per heavy atom. The normalized spacial score (nSPS) is 16.7. The molecule has 1 aliphatic heterocycles. The van der Waals surface area contributed by atoms with Crippen LogP contribution in [0.25, 0.3) is 6.08 Å². The fourth-order valence-corrected chi connectivity index (χ4v) is 3.85. The van der Waals surface area contributed by atoms with Crippen LogP contribution in [0.15, 0.2) is 65.9 Å². The Morgan fingerprint density at radius 2 is 1.84 bits per heavy atom. The van der Waals surface area contributed by atoms with E-state index in [0.29, 0.717) is 28.6 Å². The summed E-state index contributed by atoms with van der Waals surface area (Å²) in [6.07, 6.45) is 3.72. The molecule has 0 aromatic heterocycles. The quantitative estimate of drug-likeness (QED) is 0.570. The second-order valence-corrected chi connectivity index (χ2v) is 8.42. The minimum absolute atomic E-state index is 0.0421. The maximum Gasteiger partial charge on any atom is 0.290 e. The lowest BCUT2D eigenvalue weighted by atomic mass is 9.95. The van der Waals surface area contributed by atoms with Crippen molar-refractivity contribution < 1.29 is 14.7 Å². The standard InChI is InChI=1S/C24H24Cl2N2O3/c1-27(2)13-6-14-28-22(17-10-11-18(25)19(26)15-17)21(23(30)24(28)31)20(29)12-9-16-7-4-3-5-8-16/h3-5,7-12,15,22,30H,6,13-14H2,1-2H3/b12-9+. The van der Waals surface area contributed by atoms with Crippen molar-refractivity contribution in [3.05, 3.63) is 87.1 Å². The number of allylic oxidation sites excluding steroid dienone is 1. The zero-order chi connectivity index (χ0) is 22.5. The monoisotopic (exact) mass is 458 g/mol. The van der Waals surface area contributed by atoms with Crippen LogP contribution in [0.5, 0.6) is 0 Å². The van der Waals surface area contributed by atoms with Gasteiger partial charge in [-0.3, -0.25) is 9.59 Å². The molecule has 0 fully saturated rings. The van der Waals surface area contributed by atoms with Crippen LogP contribution in [0.1, 0.15) is 23.6 Å². The number of amides is 1. The average Bonchev–Trinajstić information content (AvgIpc) is 2.99. The van der Waals surface area contributed by atoms with Crippen molar-refractivity contribution in [2.45, 2.75) is 12.5 Å². The number of aliphatic hydroxyl groups is 1. The predicted octanol–water partition coefficient (Wildman–Crippen LogP) is 4.92. The molecule has 1 amide bonds. The van der Waals surface area contributed by atoms with Crippen molar-refractivity contribution in [3.8, 4) is 0 Å². The van der Waals surface area contributed by atoms with Crippen LogP contribution in [0.3, 0.4) is 0 Å². The number of nitrogens with zero attached hydrogens (tertiary/aromatic N) is 2. The molecule has 1 unspecified atom stereocenters. The maximum atomic E-state index is 13.1. The lowest BCUT2D eigenvalue weighted by Gasteiger charge is -2.27. The summed E-state index contributed by atoms with van der Waals surface area (Å²) in [5.41, 5.74) is 1.50. The molecule has 31 heavy (non-hydrogen) atoms. The number of hydrogen-bond donors (Lipinski definition) is 1. The third kappa shape index (κ3) is 5.37. The Bertz CT molecular complexity index is 1030. The molecule has 0 radical (unpaired) electrons. The Labute approximate surface area is 192 Å². The van der Waals surface area contributed by atoms with Gasteiger partial charge in [0.05, 0.1) is 21.7 Å². The Morgan fingerprint density at radius 1 is 1.13 bits per heavy atom. The zero-order valence-electron chi connectivity index (χ0n) is 17.4. The van der Waals surface area contributed by atoms with Gasteiger partial charge in [0.15, 0.2) is 11.5 Å². The molecule has 0 spiro atoms. The SMILES string of the molecule is CN(C)CCCN1C(=O)C(O)=C(C(=O)/C=C/c2ccccc2)C1c1ccc(Cl)c(Cl)c1. The molecule has 2 aromatic rings. The Hall–Kier alpha value is -2.60. The van der Waals surface area contributed by atoms with Gasteiger partial charge >= 0.3 is 0 Å². The largest absolute Gasteiger partial charge is 0.503 e. The van der Waals surface area contributed by atoms with E-state index in [1.165, 1.54) is 11.0 Å². The Balaban J connectivity index is 1.97. The number of halogens is 2. The van der Waals surface area contributed by atoms with Gasteiger partial charge in [0.2, 0.25) is 0 Å². The lowest BCUT2D eigenvalue weighted by molar-refractivity contribution is -0.129. The molecule has 5 nitrogen and oxygen atoms in total. The van der Waals surface area contributed by atoms with E-state index in [0.717, 1.165) is 12.1 Å². The van der Waals surface area contributed by atoms with Gasteiger partial charge in [-0.2, -0.15) is 0 Å². The molecule has 1 N–H and O–H groups in total. The number of carbonyl (C=O) groups excluding carboxylic acids is 2. The van der Waals surface area contributed by atoms with Crippen molar-refractivity contribution in [1.82, 2.24) is 9.80 Å².